The molecule has 3 nitrogen and oxygen atoms in total. The zero-order valence-electron chi connectivity index (χ0n) is 13.3. The number of methoxy groups -OCH3 is 1. The Labute approximate surface area is 126 Å². The van der Waals surface area contributed by atoms with Crippen molar-refractivity contribution in [2.45, 2.75) is 32.4 Å². The largest absolute Gasteiger partial charge is 0.383 e. The summed E-state index contributed by atoms with van der Waals surface area (Å²) in [6, 6.07) is 4.42. The van der Waals surface area contributed by atoms with Crippen LogP contribution in [-0.2, 0) is 4.74 Å². The molecule has 0 saturated heterocycles. The lowest BCUT2D eigenvalue weighted by Crippen LogP contribution is -2.38. The van der Waals surface area contributed by atoms with Crippen LogP contribution in [0.25, 0.3) is 0 Å². The molecule has 0 heterocycles. The number of halogens is 2. The molecule has 1 N–H and O–H groups in total. The number of nitrogens with one attached hydrogen (secondary N) is 1. The van der Waals surface area contributed by atoms with Crippen LogP contribution in [0.5, 0.6) is 0 Å². The maximum absolute atomic E-state index is 13.9. The van der Waals surface area contributed by atoms with E-state index in [1.807, 2.05) is 0 Å². The Bertz CT molecular complexity index is 429. The Morgan fingerprint density at radius 2 is 2.05 bits per heavy atom. The highest BCUT2D eigenvalue weighted by Crippen LogP contribution is 2.22. The lowest BCUT2D eigenvalue weighted by molar-refractivity contribution is 0.0997. The first-order valence-corrected chi connectivity index (χ1v) is 7.39. The maximum atomic E-state index is 13.9. The molecule has 0 aliphatic rings. The van der Waals surface area contributed by atoms with Crippen molar-refractivity contribution in [2.24, 2.45) is 0 Å². The van der Waals surface area contributed by atoms with Crippen molar-refractivity contribution in [1.82, 2.24) is 10.2 Å². The molecule has 5 heteroatoms. The fourth-order valence-electron chi connectivity index (χ4n) is 2.58. The van der Waals surface area contributed by atoms with E-state index >= 15 is 0 Å². The van der Waals surface area contributed by atoms with Gasteiger partial charge in [0.25, 0.3) is 0 Å². The summed E-state index contributed by atoms with van der Waals surface area (Å²) < 4.78 is 32.4. The van der Waals surface area contributed by atoms with Gasteiger partial charge in [0.1, 0.15) is 0 Å². The van der Waals surface area contributed by atoms with E-state index in [-0.39, 0.29) is 6.04 Å². The second-order valence-electron chi connectivity index (χ2n) is 5.21. The summed E-state index contributed by atoms with van der Waals surface area (Å²) in [5, 5.41) is 3.07. The summed E-state index contributed by atoms with van der Waals surface area (Å²) >= 11 is 0. The first-order valence-electron chi connectivity index (χ1n) is 7.39. The third-order valence-corrected chi connectivity index (χ3v) is 3.85. The van der Waals surface area contributed by atoms with Gasteiger partial charge in [-0.2, -0.15) is 0 Å². The molecule has 0 fully saturated rings. The summed E-state index contributed by atoms with van der Waals surface area (Å²) in [5.74, 6) is -1.56. The molecule has 1 rings (SSSR count). The molecule has 0 bridgehead atoms. The van der Waals surface area contributed by atoms with E-state index in [1.54, 1.807) is 26.3 Å². The van der Waals surface area contributed by atoms with Gasteiger partial charge < -0.3 is 10.1 Å². The SMILES string of the molecule is CCN(CCC(NC)c1cccc(F)c1F)C(C)COC. The lowest BCUT2D eigenvalue weighted by atomic mass is 10.0. The van der Waals surface area contributed by atoms with Crippen molar-refractivity contribution < 1.29 is 13.5 Å². The molecule has 0 radical (unpaired) electrons. The molecule has 0 spiro atoms. The summed E-state index contributed by atoms with van der Waals surface area (Å²) in [6.07, 6.45) is 0.707. The summed E-state index contributed by atoms with van der Waals surface area (Å²) in [4.78, 5) is 2.27. The predicted octanol–water partition coefficient (Wildman–Crippen LogP) is 2.97. The fraction of sp³-hybridized carbons (Fsp3) is 0.625. The van der Waals surface area contributed by atoms with E-state index in [4.69, 9.17) is 4.74 Å². The molecule has 120 valence electrons. The molecule has 0 amide bonds. The fourth-order valence-corrected chi connectivity index (χ4v) is 2.58. The van der Waals surface area contributed by atoms with Gasteiger partial charge >= 0.3 is 0 Å². The summed E-state index contributed by atoms with van der Waals surface area (Å²) in [6.45, 7) is 6.54. The second kappa shape index (κ2) is 9.07. The molecule has 0 aliphatic carbocycles. The standard InChI is InChI=1S/C16H26F2N2O/c1-5-20(12(2)11-21-4)10-9-15(19-3)13-7-6-8-14(17)16(13)18/h6-8,12,15,19H,5,9-11H2,1-4H3. The Morgan fingerprint density at radius 3 is 2.62 bits per heavy atom. The van der Waals surface area contributed by atoms with E-state index in [0.717, 1.165) is 19.2 Å². The average molecular weight is 300 g/mol. The highest BCUT2D eigenvalue weighted by atomic mass is 19.2. The first kappa shape index (κ1) is 18.0. The van der Waals surface area contributed by atoms with Crippen LogP contribution in [0.1, 0.15) is 31.9 Å². The van der Waals surface area contributed by atoms with Gasteiger partial charge in [-0.25, -0.2) is 8.78 Å². The van der Waals surface area contributed by atoms with Crippen molar-refractivity contribution in [2.75, 3.05) is 33.9 Å². The molecular weight excluding hydrogens is 274 g/mol. The normalized spacial score (nSPS) is 14.4. The average Bonchev–Trinajstić information content (AvgIpc) is 2.47. The Morgan fingerprint density at radius 1 is 1.33 bits per heavy atom. The minimum Gasteiger partial charge on any atom is -0.383 e. The number of ether oxygens (including phenoxy) is 1. The topological polar surface area (TPSA) is 24.5 Å². The quantitative estimate of drug-likeness (QED) is 0.759. The summed E-state index contributed by atoms with van der Waals surface area (Å²) in [7, 11) is 3.45. The van der Waals surface area contributed by atoms with Gasteiger partial charge in [0.15, 0.2) is 11.6 Å². The van der Waals surface area contributed by atoms with Crippen LogP contribution < -0.4 is 5.32 Å². The number of hydrogen-bond acceptors (Lipinski definition) is 3. The molecule has 2 unspecified atom stereocenters. The monoisotopic (exact) mass is 300 g/mol. The highest BCUT2D eigenvalue weighted by Gasteiger charge is 2.19. The third kappa shape index (κ3) is 5.02. The van der Waals surface area contributed by atoms with Gasteiger partial charge in [0.2, 0.25) is 0 Å². The van der Waals surface area contributed by atoms with E-state index in [0.29, 0.717) is 24.6 Å². The van der Waals surface area contributed by atoms with Crippen LogP contribution in [0.2, 0.25) is 0 Å². The first-order chi connectivity index (χ1) is 10.0. The van der Waals surface area contributed by atoms with Crippen LogP contribution in [-0.4, -0.2) is 44.8 Å². The van der Waals surface area contributed by atoms with Crippen LogP contribution in [0, 0.1) is 11.6 Å². The molecule has 0 aliphatic heterocycles. The Hall–Kier alpha value is -1.04. The molecular formula is C16H26F2N2O. The zero-order chi connectivity index (χ0) is 15.8. The van der Waals surface area contributed by atoms with Gasteiger partial charge in [-0.15, -0.1) is 0 Å². The van der Waals surface area contributed by atoms with Crippen molar-refractivity contribution in [1.29, 1.82) is 0 Å². The number of benzene rings is 1. The zero-order valence-corrected chi connectivity index (χ0v) is 13.3. The van der Waals surface area contributed by atoms with Crippen molar-refractivity contribution in [3.63, 3.8) is 0 Å². The minimum absolute atomic E-state index is 0.204. The maximum Gasteiger partial charge on any atom is 0.163 e. The number of hydrogen-bond donors (Lipinski definition) is 1. The smallest absolute Gasteiger partial charge is 0.163 e. The van der Waals surface area contributed by atoms with E-state index in [1.165, 1.54) is 0 Å². The van der Waals surface area contributed by atoms with E-state index < -0.39 is 11.6 Å². The molecule has 0 aromatic heterocycles. The molecule has 21 heavy (non-hydrogen) atoms. The van der Waals surface area contributed by atoms with Crippen molar-refractivity contribution in [3.05, 3.63) is 35.4 Å². The number of rotatable bonds is 9. The second-order valence-corrected chi connectivity index (χ2v) is 5.21. The van der Waals surface area contributed by atoms with Crippen molar-refractivity contribution in [3.8, 4) is 0 Å². The van der Waals surface area contributed by atoms with Crippen LogP contribution in [0.3, 0.4) is 0 Å². The number of nitrogens with zero attached hydrogens (tertiary/aromatic N) is 1. The van der Waals surface area contributed by atoms with Gasteiger partial charge in [-0.05, 0) is 33.0 Å². The molecule has 2 atom stereocenters. The Balaban J connectivity index is 2.71. The predicted molar refractivity (Wildman–Crippen MR) is 81.4 cm³/mol. The minimum atomic E-state index is -0.798. The van der Waals surface area contributed by atoms with E-state index in [2.05, 4.69) is 24.1 Å². The molecule has 1 aromatic carbocycles. The van der Waals surface area contributed by atoms with Gasteiger partial charge in [0.05, 0.1) is 6.61 Å². The third-order valence-electron chi connectivity index (χ3n) is 3.85. The van der Waals surface area contributed by atoms with E-state index in [9.17, 15) is 8.78 Å². The molecule has 1 aromatic rings. The van der Waals surface area contributed by atoms with Crippen LogP contribution in [0.4, 0.5) is 8.78 Å². The van der Waals surface area contributed by atoms with Gasteiger partial charge in [-0.3, -0.25) is 4.90 Å². The highest BCUT2D eigenvalue weighted by molar-refractivity contribution is 5.22. The van der Waals surface area contributed by atoms with Gasteiger partial charge in [-0.1, -0.05) is 19.1 Å². The van der Waals surface area contributed by atoms with Crippen LogP contribution >= 0.6 is 0 Å². The number of likely N-dealkylation sites (N-methyl/N-ethyl adjacent to an activating group) is 1. The Kier molecular flexibility index (Phi) is 7.78. The molecule has 0 saturated carbocycles. The van der Waals surface area contributed by atoms with Crippen molar-refractivity contribution >= 4 is 0 Å². The van der Waals surface area contributed by atoms with Gasteiger partial charge in [0, 0.05) is 31.3 Å². The van der Waals surface area contributed by atoms with Crippen LogP contribution in [0.15, 0.2) is 18.2 Å². The lowest BCUT2D eigenvalue weighted by Gasteiger charge is -2.29. The summed E-state index contributed by atoms with van der Waals surface area (Å²) in [5.41, 5.74) is 0.382.